The highest BCUT2D eigenvalue weighted by molar-refractivity contribution is 9.10. The van der Waals surface area contributed by atoms with E-state index in [1.54, 1.807) is 17.7 Å². The van der Waals surface area contributed by atoms with Crippen LogP contribution >= 0.6 is 15.9 Å². The number of benzene rings is 2. The number of hydrogen-bond donors (Lipinski definition) is 1. The van der Waals surface area contributed by atoms with E-state index in [1.165, 1.54) is 6.07 Å². The molecule has 5 nitrogen and oxygen atoms in total. The average Bonchev–Trinajstić information content (AvgIpc) is 2.58. The van der Waals surface area contributed by atoms with Gasteiger partial charge in [-0.05, 0) is 49.7 Å². The van der Waals surface area contributed by atoms with Gasteiger partial charge in [-0.2, -0.15) is 5.10 Å². The lowest BCUT2D eigenvalue weighted by Crippen LogP contribution is -2.27. The Labute approximate surface area is 153 Å². The minimum Gasteiger partial charge on any atom is -0.320 e. The molecule has 1 N–H and O–H groups in total. The summed E-state index contributed by atoms with van der Waals surface area (Å²) in [4.78, 5) is 24.8. The van der Waals surface area contributed by atoms with Gasteiger partial charge in [-0.3, -0.25) is 9.59 Å². The fourth-order valence-electron chi connectivity index (χ4n) is 2.48. The Morgan fingerprint density at radius 2 is 1.80 bits per heavy atom. The van der Waals surface area contributed by atoms with Crippen LogP contribution in [0.4, 0.5) is 5.69 Å². The molecule has 3 rings (SSSR count). The molecule has 126 valence electrons. The molecule has 1 aromatic heterocycles. The van der Waals surface area contributed by atoms with E-state index < -0.39 is 11.3 Å². The number of amides is 1. The molecule has 0 bridgehead atoms. The molecule has 0 unspecified atom stereocenters. The highest BCUT2D eigenvalue weighted by Gasteiger charge is 2.16. The first kappa shape index (κ1) is 17.1. The maximum absolute atomic E-state index is 12.6. The van der Waals surface area contributed by atoms with Crippen LogP contribution in [0.5, 0.6) is 0 Å². The predicted octanol–water partition coefficient (Wildman–Crippen LogP) is 3.86. The number of nitrogens with zero attached hydrogens (tertiary/aromatic N) is 2. The lowest BCUT2D eigenvalue weighted by molar-refractivity contribution is 0.101. The predicted molar refractivity (Wildman–Crippen MR) is 101 cm³/mol. The van der Waals surface area contributed by atoms with Crippen molar-refractivity contribution in [3.05, 3.63) is 86.2 Å². The van der Waals surface area contributed by atoms with Crippen molar-refractivity contribution in [3.63, 3.8) is 0 Å². The monoisotopic (exact) mass is 397 g/mol. The van der Waals surface area contributed by atoms with Gasteiger partial charge < -0.3 is 5.32 Å². The molecule has 0 fully saturated rings. The van der Waals surface area contributed by atoms with E-state index in [2.05, 4.69) is 26.3 Å². The van der Waals surface area contributed by atoms with Crippen LogP contribution in [0.1, 0.15) is 21.7 Å². The second-order valence-electron chi connectivity index (χ2n) is 5.66. The summed E-state index contributed by atoms with van der Waals surface area (Å²) in [6.07, 6.45) is 0. The molecule has 25 heavy (non-hydrogen) atoms. The summed E-state index contributed by atoms with van der Waals surface area (Å²) in [5.41, 5.74) is 2.43. The molecule has 0 aliphatic heterocycles. The molecule has 0 spiro atoms. The van der Waals surface area contributed by atoms with Crippen molar-refractivity contribution in [1.29, 1.82) is 0 Å². The summed E-state index contributed by atoms with van der Waals surface area (Å²) in [6.45, 7) is 3.66. The molecule has 3 aromatic rings. The van der Waals surface area contributed by atoms with Gasteiger partial charge in [0, 0.05) is 21.9 Å². The molecule has 0 radical (unpaired) electrons. The molecule has 0 saturated heterocycles. The minimum absolute atomic E-state index is 0.142. The third-order valence-corrected chi connectivity index (χ3v) is 4.25. The summed E-state index contributed by atoms with van der Waals surface area (Å²) in [7, 11) is 0. The van der Waals surface area contributed by atoms with Crippen molar-refractivity contribution >= 4 is 27.5 Å². The number of halogens is 1. The largest absolute Gasteiger partial charge is 0.320 e. The molecular formula is C19H16BrN3O2. The fraction of sp³-hybridized carbons (Fsp3) is 0.105. The average molecular weight is 398 g/mol. The van der Waals surface area contributed by atoms with Crippen LogP contribution in [0.3, 0.4) is 0 Å². The first-order chi connectivity index (χ1) is 12.0. The van der Waals surface area contributed by atoms with Crippen LogP contribution in [0.15, 0.2) is 63.9 Å². The SMILES string of the molecule is Cc1cc(Br)ccc1NC(=O)c1nn(-c2ccccc2)c(C)cc1=O. The van der Waals surface area contributed by atoms with E-state index >= 15 is 0 Å². The molecule has 0 atom stereocenters. The van der Waals surface area contributed by atoms with E-state index in [0.717, 1.165) is 15.7 Å². The Hall–Kier alpha value is -2.73. The quantitative estimate of drug-likeness (QED) is 0.729. The van der Waals surface area contributed by atoms with Crippen LogP contribution in [0.2, 0.25) is 0 Å². The van der Waals surface area contributed by atoms with Crippen molar-refractivity contribution in [2.75, 3.05) is 5.32 Å². The number of carbonyl (C=O) groups excluding carboxylic acids is 1. The second-order valence-corrected chi connectivity index (χ2v) is 6.57. The van der Waals surface area contributed by atoms with E-state index in [9.17, 15) is 9.59 Å². The Morgan fingerprint density at radius 3 is 2.48 bits per heavy atom. The number of aromatic nitrogens is 2. The zero-order valence-corrected chi connectivity index (χ0v) is 15.4. The number of carbonyl (C=O) groups is 1. The first-order valence-electron chi connectivity index (χ1n) is 7.69. The summed E-state index contributed by atoms with van der Waals surface area (Å²) in [5.74, 6) is -0.528. The molecule has 0 saturated carbocycles. The van der Waals surface area contributed by atoms with Crippen LogP contribution in [-0.4, -0.2) is 15.7 Å². The third-order valence-electron chi connectivity index (χ3n) is 3.76. The maximum atomic E-state index is 12.6. The Morgan fingerprint density at radius 1 is 1.08 bits per heavy atom. The van der Waals surface area contributed by atoms with Crippen molar-refractivity contribution < 1.29 is 4.79 Å². The second kappa shape index (κ2) is 7.03. The van der Waals surface area contributed by atoms with Crippen LogP contribution < -0.4 is 10.7 Å². The van der Waals surface area contributed by atoms with Gasteiger partial charge in [0.1, 0.15) is 0 Å². The van der Waals surface area contributed by atoms with Crippen LogP contribution in [-0.2, 0) is 0 Å². The zero-order valence-electron chi connectivity index (χ0n) is 13.8. The Balaban J connectivity index is 1.99. The van der Waals surface area contributed by atoms with Crippen LogP contribution in [0, 0.1) is 13.8 Å². The van der Waals surface area contributed by atoms with Crippen LogP contribution in [0.25, 0.3) is 5.69 Å². The fourth-order valence-corrected chi connectivity index (χ4v) is 2.96. The molecule has 1 heterocycles. The summed E-state index contributed by atoms with van der Waals surface area (Å²) >= 11 is 3.38. The van der Waals surface area contributed by atoms with E-state index in [-0.39, 0.29) is 5.69 Å². The van der Waals surface area contributed by atoms with Gasteiger partial charge in [-0.25, -0.2) is 4.68 Å². The highest BCUT2D eigenvalue weighted by Crippen LogP contribution is 2.20. The minimum atomic E-state index is -0.528. The van der Waals surface area contributed by atoms with Gasteiger partial charge >= 0.3 is 0 Å². The number of para-hydroxylation sites is 1. The van der Waals surface area contributed by atoms with Gasteiger partial charge in [0.25, 0.3) is 5.91 Å². The van der Waals surface area contributed by atoms with E-state index in [1.807, 2.05) is 49.4 Å². The number of aryl methyl sites for hydroxylation is 2. The highest BCUT2D eigenvalue weighted by atomic mass is 79.9. The Bertz CT molecular complexity index is 997. The van der Waals surface area contributed by atoms with Crippen molar-refractivity contribution in [2.24, 2.45) is 0 Å². The standard InChI is InChI=1S/C19H16BrN3O2/c1-12-10-14(20)8-9-16(12)21-19(25)18-17(24)11-13(2)23(22-18)15-6-4-3-5-7-15/h3-11H,1-2H3,(H,21,25). The van der Waals surface area contributed by atoms with Crippen molar-refractivity contribution in [3.8, 4) is 5.69 Å². The molecule has 6 heteroatoms. The lowest BCUT2D eigenvalue weighted by Gasteiger charge is -2.12. The van der Waals surface area contributed by atoms with E-state index in [4.69, 9.17) is 0 Å². The molecule has 2 aromatic carbocycles. The molecule has 1 amide bonds. The zero-order chi connectivity index (χ0) is 18.0. The summed E-state index contributed by atoms with van der Waals surface area (Å²) in [6, 6.07) is 16.3. The number of nitrogens with one attached hydrogen (secondary N) is 1. The molecular weight excluding hydrogens is 382 g/mol. The molecule has 0 aliphatic carbocycles. The topological polar surface area (TPSA) is 64.0 Å². The molecule has 0 aliphatic rings. The smallest absolute Gasteiger partial charge is 0.280 e. The maximum Gasteiger partial charge on any atom is 0.280 e. The number of anilines is 1. The normalized spacial score (nSPS) is 10.5. The van der Waals surface area contributed by atoms with Gasteiger partial charge in [0.05, 0.1) is 5.69 Å². The van der Waals surface area contributed by atoms with Gasteiger partial charge in [-0.1, -0.05) is 34.1 Å². The number of rotatable bonds is 3. The summed E-state index contributed by atoms with van der Waals surface area (Å²) < 4.78 is 2.51. The van der Waals surface area contributed by atoms with Gasteiger partial charge in [0.15, 0.2) is 5.69 Å². The third kappa shape index (κ3) is 3.69. The van der Waals surface area contributed by atoms with Crippen molar-refractivity contribution in [2.45, 2.75) is 13.8 Å². The van der Waals surface area contributed by atoms with Crippen molar-refractivity contribution in [1.82, 2.24) is 9.78 Å². The lowest BCUT2D eigenvalue weighted by atomic mass is 10.2. The Kier molecular flexibility index (Phi) is 4.81. The van der Waals surface area contributed by atoms with Gasteiger partial charge in [0.2, 0.25) is 5.43 Å². The van der Waals surface area contributed by atoms with Gasteiger partial charge in [-0.15, -0.1) is 0 Å². The van der Waals surface area contributed by atoms with E-state index in [0.29, 0.717) is 11.4 Å². The number of hydrogen-bond acceptors (Lipinski definition) is 3. The summed E-state index contributed by atoms with van der Waals surface area (Å²) in [5, 5.41) is 7.03. The first-order valence-corrected chi connectivity index (χ1v) is 8.49.